The Morgan fingerprint density at radius 1 is 0.867 bits per heavy atom. The van der Waals surface area contributed by atoms with Crippen LogP contribution in [-0.2, 0) is 17.6 Å². The van der Waals surface area contributed by atoms with E-state index in [-0.39, 0.29) is 11.8 Å². The van der Waals surface area contributed by atoms with Crippen LogP contribution < -0.4 is 10.6 Å². The monoisotopic (exact) mass is 398 g/mol. The third kappa shape index (κ3) is 4.72. The number of benzene rings is 3. The number of nitrogens with one attached hydrogen (secondary N) is 3. The molecule has 0 aliphatic rings. The molecule has 0 saturated heterocycles. The fourth-order valence-electron chi connectivity index (χ4n) is 3.30. The molecule has 2 amide bonds. The van der Waals surface area contributed by atoms with Crippen LogP contribution in [0.25, 0.3) is 11.0 Å². The van der Waals surface area contributed by atoms with E-state index in [1.807, 2.05) is 48.5 Å². The van der Waals surface area contributed by atoms with Crippen molar-refractivity contribution in [3.05, 3.63) is 89.7 Å². The maximum absolute atomic E-state index is 12.5. The van der Waals surface area contributed by atoms with Crippen LogP contribution in [0.1, 0.15) is 28.7 Å². The zero-order valence-electron chi connectivity index (χ0n) is 16.6. The molecule has 3 aromatic carbocycles. The van der Waals surface area contributed by atoms with Crippen molar-refractivity contribution in [1.82, 2.24) is 9.97 Å². The number of rotatable bonds is 6. The first-order valence-corrected chi connectivity index (χ1v) is 9.78. The molecule has 0 aliphatic heterocycles. The Bertz CT molecular complexity index is 1160. The zero-order chi connectivity index (χ0) is 20.9. The topological polar surface area (TPSA) is 86.9 Å². The number of imidazole rings is 1. The second-order valence-electron chi connectivity index (χ2n) is 7.11. The number of H-pyrrole nitrogens is 1. The molecule has 6 heteroatoms. The lowest BCUT2D eigenvalue weighted by Crippen LogP contribution is -2.12. The number of nitrogens with zero attached hydrogens (tertiary/aromatic N) is 1. The normalized spacial score (nSPS) is 10.7. The summed E-state index contributed by atoms with van der Waals surface area (Å²) in [5, 5.41) is 5.61. The number of carbonyl (C=O) groups excluding carboxylic acids is 2. The maximum atomic E-state index is 12.5. The Hall–Kier alpha value is -3.93. The summed E-state index contributed by atoms with van der Waals surface area (Å²) in [7, 11) is 0. The molecule has 0 atom stereocenters. The van der Waals surface area contributed by atoms with Gasteiger partial charge in [-0.2, -0.15) is 0 Å². The number of aryl methyl sites for hydroxylation is 2. The minimum Gasteiger partial charge on any atom is -0.342 e. The number of fused-ring (bicyclic) bond motifs is 1. The number of amides is 2. The molecule has 0 radical (unpaired) electrons. The molecule has 4 aromatic rings. The third-order valence-electron chi connectivity index (χ3n) is 4.74. The standard InChI is InChI=1S/C24H22N4O2/c1-16(29)25-19-12-10-18(11-13-19)24(30)26-20-6-4-5-17(15-20)9-14-23-27-21-7-2-3-8-22(21)28-23/h2-8,10-13,15H,9,14H2,1H3,(H,25,29)(H,26,30)(H,27,28). The molecule has 0 aliphatic carbocycles. The minimum absolute atomic E-state index is 0.147. The molecule has 30 heavy (non-hydrogen) atoms. The quantitative estimate of drug-likeness (QED) is 0.445. The summed E-state index contributed by atoms with van der Waals surface area (Å²) in [4.78, 5) is 31.6. The molecule has 0 bridgehead atoms. The van der Waals surface area contributed by atoms with Gasteiger partial charge in [-0.1, -0.05) is 24.3 Å². The van der Waals surface area contributed by atoms with Gasteiger partial charge in [0.25, 0.3) is 5.91 Å². The predicted octanol–water partition coefficient (Wildman–Crippen LogP) is 4.56. The smallest absolute Gasteiger partial charge is 0.255 e. The van der Waals surface area contributed by atoms with Crippen molar-refractivity contribution in [3.8, 4) is 0 Å². The molecular formula is C24H22N4O2. The third-order valence-corrected chi connectivity index (χ3v) is 4.74. The Balaban J connectivity index is 1.39. The van der Waals surface area contributed by atoms with Crippen molar-refractivity contribution in [3.63, 3.8) is 0 Å². The van der Waals surface area contributed by atoms with Crippen LogP contribution in [-0.4, -0.2) is 21.8 Å². The summed E-state index contributed by atoms with van der Waals surface area (Å²) in [5.74, 6) is 0.607. The largest absolute Gasteiger partial charge is 0.342 e. The van der Waals surface area contributed by atoms with Gasteiger partial charge in [0.1, 0.15) is 5.82 Å². The first-order valence-electron chi connectivity index (χ1n) is 9.78. The first-order chi connectivity index (χ1) is 14.6. The van der Waals surface area contributed by atoms with Crippen molar-refractivity contribution in [1.29, 1.82) is 0 Å². The number of para-hydroxylation sites is 2. The fourth-order valence-corrected chi connectivity index (χ4v) is 3.30. The highest BCUT2D eigenvalue weighted by atomic mass is 16.2. The molecule has 1 heterocycles. The summed E-state index contributed by atoms with van der Waals surface area (Å²) in [6.07, 6.45) is 1.60. The van der Waals surface area contributed by atoms with E-state index in [1.54, 1.807) is 24.3 Å². The van der Waals surface area contributed by atoms with Gasteiger partial charge in [0.05, 0.1) is 11.0 Å². The number of carbonyl (C=O) groups is 2. The Morgan fingerprint density at radius 3 is 2.43 bits per heavy atom. The van der Waals surface area contributed by atoms with Gasteiger partial charge in [0.15, 0.2) is 0 Å². The average Bonchev–Trinajstić information content (AvgIpc) is 3.16. The van der Waals surface area contributed by atoms with E-state index in [1.165, 1.54) is 6.92 Å². The van der Waals surface area contributed by atoms with E-state index in [0.717, 1.165) is 41.0 Å². The van der Waals surface area contributed by atoms with Crippen molar-refractivity contribution in [2.75, 3.05) is 10.6 Å². The lowest BCUT2D eigenvalue weighted by atomic mass is 10.1. The van der Waals surface area contributed by atoms with Crippen molar-refractivity contribution in [2.45, 2.75) is 19.8 Å². The van der Waals surface area contributed by atoms with E-state index < -0.39 is 0 Å². The molecular weight excluding hydrogens is 376 g/mol. The lowest BCUT2D eigenvalue weighted by molar-refractivity contribution is -0.114. The Kier molecular flexibility index (Phi) is 5.57. The molecule has 0 unspecified atom stereocenters. The van der Waals surface area contributed by atoms with E-state index in [0.29, 0.717) is 11.3 Å². The Labute approximate surface area is 174 Å². The van der Waals surface area contributed by atoms with E-state index in [2.05, 4.69) is 20.6 Å². The highest BCUT2D eigenvalue weighted by Gasteiger charge is 2.08. The van der Waals surface area contributed by atoms with Crippen LogP contribution in [0.2, 0.25) is 0 Å². The molecule has 1 aromatic heterocycles. The highest BCUT2D eigenvalue weighted by Crippen LogP contribution is 2.17. The molecule has 6 nitrogen and oxygen atoms in total. The number of anilines is 2. The zero-order valence-corrected chi connectivity index (χ0v) is 16.6. The fraction of sp³-hybridized carbons (Fsp3) is 0.125. The molecule has 0 fully saturated rings. The van der Waals surface area contributed by atoms with Gasteiger partial charge < -0.3 is 15.6 Å². The molecule has 3 N–H and O–H groups in total. The van der Waals surface area contributed by atoms with Crippen molar-refractivity contribution < 1.29 is 9.59 Å². The van der Waals surface area contributed by atoms with E-state index >= 15 is 0 Å². The highest BCUT2D eigenvalue weighted by molar-refractivity contribution is 6.04. The molecule has 0 saturated carbocycles. The van der Waals surface area contributed by atoms with Crippen LogP contribution in [0, 0.1) is 0 Å². The lowest BCUT2D eigenvalue weighted by Gasteiger charge is -2.08. The van der Waals surface area contributed by atoms with Gasteiger partial charge in [0.2, 0.25) is 5.91 Å². The molecule has 0 spiro atoms. The van der Waals surface area contributed by atoms with Gasteiger partial charge in [-0.25, -0.2) is 4.98 Å². The first kappa shape index (κ1) is 19.4. The molecule has 4 rings (SSSR count). The van der Waals surface area contributed by atoms with Crippen LogP contribution in [0.3, 0.4) is 0 Å². The van der Waals surface area contributed by atoms with Crippen LogP contribution in [0.5, 0.6) is 0 Å². The van der Waals surface area contributed by atoms with Gasteiger partial charge in [-0.15, -0.1) is 0 Å². The summed E-state index contributed by atoms with van der Waals surface area (Å²) in [5.41, 5.74) is 5.06. The average molecular weight is 398 g/mol. The van der Waals surface area contributed by atoms with Crippen molar-refractivity contribution >= 4 is 34.2 Å². The van der Waals surface area contributed by atoms with Crippen LogP contribution in [0.15, 0.2) is 72.8 Å². The van der Waals surface area contributed by atoms with Gasteiger partial charge in [-0.05, 0) is 60.5 Å². The predicted molar refractivity (Wildman–Crippen MR) is 119 cm³/mol. The second kappa shape index (κ2) is 8.61. The summed E-state index contributed by atoms with van der Waals surface area (Å²) in [6, 6.07) is 22.6. The van der Waals surface area contributed by atoms with Crippen LogP contribution >= 0.6 is 0 Å². The number of aromatic nitrogens is 2. The number of aromatic amines is 1. The summed E-state index contributed by atoms with van der Waals surface area (Å²) in [6.45, 7) is 1.45. The van der Waals surface area contributed by atoms with E-state index in [4.69, 9.17) is 0 Å². The maximum Gasteiger partial charge on any atom is 0.255 e. The van der Waals surface area contributed by atoms with Crippen molar-refractivity contribution in [2.24, 2.45) is 0 Å². The van der Waals surface area contributed by atoms with Crippen LogP contribution in [0.4, 0.5) is 11.4 Å². The Morgan fingerprint density at radius 2 is 1.67 bits per heavy atom. The summed E-state index contributed by atoms with van der Waals surface area (Å²) < 4.78 is 0. The van der Waals surface area contributed by atoms with Gasteiger partial charge in [-0.3, -0.25) is 9.59 Å². The summed E-state index contributed by atoms with van der Waals surface area (Å²) >= 11 is 0. The van der Waals surface area contributed by atoms with Gasteiger partial charge in [0, 0.05) is 30.3 Å². The SMILES string of the molecule is CC(=O)Nc1ccc(C(=O)Nc2cccc(CCc3nc4ccccc4[nH]3)c2)cc1. The number of hydrogen-bond acceptors (Lipinski definition) is 3. The number of hydrogen-bond donors (Lipinski definition) is 3. The van der Waals surface area contributed by atoms with Gasteiger partial charge >= 0.3 is 0 Å². The van der Waals surface area contributed by atoms with E-state index in [9.17, 15) is 9.59 Å². The second-order valence-corrected chi connectivity index (χ2v) is 7.11. The minimum atomic E-state index is -0.196. The molecule has 150 valence electrons.